The van der Waals surface area contributed by atoms with Crippen LogP contribution in [0.4, 0.5) is 5.69 Å². The number of nitrogens with one attached hydrogen (secondary N) is 1. The molecule has 1 aromatic rings. The van der Waals surface area contributed by atoms with Crippen molar-refractivity contribution in [3.63, 3.8) is 0 Å². The van der Waals surface area contributed by atoms with Gasteiger partial charge in [0.15, 0.2) is 6.61 Å². The second-order valence-electron chi connectivity index (χ2n) is 2.72. The first kappa shape index (κ1) is 19.2. The molecule has 1 amide bonds. The lowest BCUT2D eigenvalue weighted by atomic mass is 10.3. The molecule has 0 heterocycles. The summed E-state index contributed by atoms with van der Waals surface area (Å²) in [5.74, 6) is 0.00862. The second-order valence-corrected chi connectivity index (χ2v) is 2.72. The highest BCUT2D eigenvalue weighted by molar-refractivity contribution is 5.77. The summed E-state index contributed by atoms with van der Waals surface area (Å²) in [5, 5.41) is 12.8. The van der Waals surface area contributed by atoms with Gasteiger partial charge in [-0.15, -0.1) is 0 Å². The molecule has 1 N–H and O–H groups in total. The van der Waals surface area contributed by atoms with E-state index in [1.54, 1.807) is 6.07 Å². The molecule has 108 valence electrons. The Balaban J connectivity index is 0. The number of carbonyl (C=O) groups is 1. The van der Waals surface area contributed by atoms with Crippen molar-refractivity contribution in [1.82, 2.24) is 5.32 Å². The van der Waals surface area contributed by atoms with E-state index in [1.165, 1.54) is 25.2 Å². The van der Waals surface area contributed by atoms with E-state index in [9.17, 15) is 14.9 Å². The summed E-state index contributed by atoms with van der Waals surface area (Å²) in [7, 11) is 1.49. The molecule has 0 fully saturated rings. The second kappa shape index (κ2) is 12.3. The number of benzene rings is 1. The zero-order chi connectivity index (χ0) is 15.3. The van der Waals surface area contributed by atoms with Crippen molar-refractivity contribution >= 4 is 11.6 Å². The summed E-state index contributed by atoms with van der Waals surface area (Å²) in [5.41, 5.74) is -0.0654. The number of rotatable bonds is 4. The van der Waals surface area contributed by atoms with Gasteiger partial charge in [0.25, 0.3) is 11.6 Å². The van der Waals surface area contributed by atoms with Gasteiger partial charge in [-0.3, -0.25) is 14.9 Å². The molecular weight excluding hydrogens is 248 g/mol. The predicted octanol–water partition coefficient (Wildman–Crippen LogP) is 2.77. The van der Waals surface area contributed by atoms with Crippen LogP contribution in [0.3, 0.4) is 0 Å². The van der Waals surface area contributed by atoms with E-state index in [0.717, 1.165) is 0 Å². The Kier molecular flexibility index (Phi) is 12.5. The van der Waals surface area contributed by atoms with Crippen LogP contribution < -0.4 is 10.1 Å². The third-order valence-corrected chi connectivity index (χ3v) is 1.68. The molecule has 0 radical (unpaired) electrons. The molecule has 0 saturated heterocycles. The average molecular weight is 270 g/mol. The lowest BCUT2D eigenvalue weighted by Gasteiger charge is -2.04. The number of nitro benzene ring substituents is 1. The maximum absolute atomic E-state index is 10.8. The molecule has 0 aliphatic heterocycles. The van der Waals surface area contributed by atoms with E-state index in [1.807, 2.05) is 27.7 Å². The van der Waals surface area contributed by atoms with E-state index in [2.05, 4.69) is 5.32 Å². The maximum atomic E-state index is 10.8. The van der Waals surface area contributed by atoms with Crippen LogP contribution in [0, 0.1) is 10.1 Å². The van der Waals surface area contributed by atoms with Gasteiger partial charge in [0, 0.05) is 13.1 Å². The van der Waals surface area contributed by atoms with Crippen molar-refractivity contribution in [1.29, 1.82) is 0 Å². The van der Waals surface area contributed by atoms with Crippen LogP contribution in [0.25, 0.3) is 0 Å². The smallest absolute Gasteiger partial charge is 0.273 e. The van der Waals surface area contributed by atoms with Crippen molar-refractivity contribution in [2.75, 3.05) is 13.7 Å². The molecule has 0 aliphatic rings. The van der Waals surface area contributed by atoms with Gasteiger partial charge < -0.3 is 10.1 Å². The van der Waals surface area contributed by atoms with Crippen LogP contribution >= 0.6 is 0 Å². The third kappa shape index (κ3) is 8.59. The fourth-order valence-corrected chi connectivity index (χ4v) is 0.908. The van der Waals surface area contributed by atoms with Crippen LogP contribution in [0.1, 0.15) is 27.7 Å². The highest BCUT2D eigenvalue weighted by atomic mass is 16.6. The monoisotopic (exact) mass is 270 g/mol. The minimum absolute atomic E-state index is 0.0654. The van der Waals surface area contributed by atoms with Gasteiger partial charge in [0.05, 0.1) is 11.0 Å². The molecule has 0 unspecified atom stereocenters. The van der Waals surface area contributed by atoms with E-state index in [4.69, 9.17) is 4.74 Å². The third-order valence-electron chi connectivity index (χ3n) is 1.68. The Hall–Kier alpha value is -2.11. The molecule has 0 aromatic heterocycles. The Morgan fingerprint density at radius 2 is 1.89 bits per heavy atom. The molecule has 0 saturated carbocycles. The summed E-state index contributed by atoms with van der Waals surface area (Å²) < 4.78 is 5.03. The molecule has 19 heavy (non-hydrogen) atoms. The summed E-state index contributed by atoms with van der Waals surface area (Å²) >= 11 is 0. The first-order valence-corrected chi connectivity index (χ1v) is 6.21. The van der Waals surface area contributed by atoms with Gasteiger partial charge in [0.2, 0.25) is 0 Å². The highest BCUT2D eigenvalue weighted by Gasteiger charge is 2.07. The lowest BCUT2D eigenvalue weighted by Crippen LogP contribution is -2.24. The Morgan fingerprint density at radius 3 is 2.37 bits per heavy atom. The van der Waals surface area contributed by atoms with Crippen molar-refractivity contribution in [2.45, 2.75) is 27.7 Å². The van der Waals surface area contributed by atoms with E-state index >= 15 is 0 Å². The van der Waals surface area contributed by atoms with Gasteiger partial charge in [-0.25, -0.2) is 0 Å². The summed E-state index contributed by atoms with van der Waals surface area (Å²) in [6, 6.07) is 5.67. The number of carbonyl (C=O) groups excluding carboxylic acids is 1. The minimum Gasteiger partial charge on any atom is -0.484 e. The minimum atomic E-state index is -0.521. The number of likely N-dealkylation sites (N-methyl/N-ethyl adjacent to an activating group) is 1. The van der Waals surface area contributed by atoms with Crippen LogP contribution in [0.5, 0.6) is 5.75 Å². The fourth-order valence-electron chi connectivity index (χ4n) is 0.908. The van der Waals surface area contributed by atoms with Crippen LogP contribution in [-0.4, -0.2) is 24.5 Å². The van der Waals surface area contributed by atoms with Crippen molar-refractivity contribution in [2.24, 2.45) is 0 Å². The highest BCUT2D eigenvalue weighted by Crippen LogP contribution is 2.18. The van der Waals surface area contributed by atoms with Crippen molar-refractivity contribution < 1.29 is 14.5 Å². The Morgan fingerprint density at radius 1 is 1.32 bits per heavy atom. The molecule has 6 heteroatoms. The van der Waals surface area contributed by atoms with Crippen molar-refractivity contribution in [3.05, 3.63) is 34.4 Å². The zero-order valence-electron chi connectivity index (χ0n) is 12.1. The number of hydrogen-bond donors (Lipinski definition) is 1. The average Bonchev–Trinajstić information content (AvgIpc) is 2.49. The van der Waals surface area contributed by atoms with Crippen LogP contribution in [0.15, 0.2) is 24.3 Å². The van der Waals surface area contributed by atoms with Gasteiger partial charge in [-0.05, 0) is 6.07 Å². The number of ether oxygens (including phenoxy) is 1. The molecule has 0 aliphatic carbocycles. The molecule has 0 bridgehead atoms. The normalized spacial score (nSPS) is 8.05. The standard InChI is InChI=1S/C9H10N2O4.2C2H6/c1-10-9(12)6-15-8-4-2-3-7(5-8)11(13)14;2*1-2/h2-5H,6H2,1H3,(H,10,12);2*1-2H3. The molecular formula is C13H22N2O4. The number of nitro groups is 1. The van der Waals surface area contributed by atoms with Gasteiger partial charge in [-0.2, -0.15) is 0 Å². The van der Waals surface area contributed by atoms with E-state index in [0.29, 0.717) is 5.75 Å². The zero-order valence-corrected chi connectivity index (χ0v) is 12.1. The molecule has 0 atom stereocenters. The first-order valence-electron chi connectivity index (χ1n) is 6.21. The van der Waals surface area contributed by atoms with Crippen molar-refractivity contribution in [3.8, 4) is 5.75 Å². The summed E-state index contributed by atoms with van der Waals surface area (Å²) in [6.45, 7) is 7.84. The first-order chi connectivity index (χ1) is 9.13. The molecule has 1 rings (SSSR count). The fraction of sp³-hybridized carbons (Fsp3) is 0.462. The Bertz CT molecular complexity index is 381. The van der Waals surface area contributed by atoms with Gasteiger partial charge >= 0.3 is 0 Å². The number of non-ortho nitro benzene ring substituents is 1. The summed E-state index contributed by atoms with van der Waals surface area (Å²) in [6.07, 6.45) is 0. The van der Waals surface area contributed by atoms with Gasteiger partial charge in [0.1, 0.15) is 5.75 Å². The topological polar surface area (TPSA) is 81.5 Å². The molecule has 6 nitrogen and oxygen atoms in total. The summed E-state index contributed by atoms with van der Waals surface area (Å²) in [4.78, 5) is 20.7. The van der Waals surface area contributed by atoms with E-state index in [-0.39, 0.29) is 18.2 Å². The molecule has 1 aromatic carbocycles. The maximum Gasteiger partial charge on any atom is 0.273 e. The Labute approximate surface area is 113 Å². The SMILES string of the molecule is CC.CC.CNC(=O)COc1cccc([N+](=O)[O-])c1. The van der Waals surface area contributed by atoms with E-state index < -0.39 is 4.92 Å². The predicted molar refractivity (Wildman–Crippen MR) is 75.4 cm³/mol. The van der Waals surface area contributed by atoms with Crippen LogP contribution in [0.2, 0.25) is 0 Å². The number of hydrogen-bond acceptors (Lipinski definition) is 4. The van der Waals surface area contributed by atoms with Gasteiger partial charge in [-0.1, -0.05) is 33.8 Å². The van der Waals surface area contributed by atoms with Crippen LogP contribution in [-0.2, 0) is 4.79 Å². The quantitative estimate of drug-likeness (QED) is 0.673. The number of nitrogens with zero attached hydrogens (tertiary/aromatic N) is 1. The largest absolute Gasteiger partial charge is 0.484 e. The lowest BCUT2D eigenvalue weighted by molar-refractivity contribution is -0.384. The molecule has 0 spiro atoms. The number of amides is 1.